The Kier molecular flexibility index (Phi) is 8.71. The Hall–Kier alpha value is -2.11. The van der Waals surface area contributed by atoms with E-state index in [4.69, 9.17) is 4.74 Å². The Labute approximate surface area is 212 Å². The molecule has 1 heterocycles. The molecule has 1 aliphatic heterocycles. The van der Waals surface area contributed by atoms with E-state index in [1.807, 2.05) is 13.1 Å². The minimum absolute atomic E-state index is 0.0597. The number of amides is 1. The van der Waals surface area contributed by atoms with E-state index in [2.05, 4.69) is 17.1 Å². The van der Waals surface area contributed by atoms with Crippen molar-refractivity contribution >= 4 is 5.91 Å². The second kappa shape index (κ2) is 10.9. The minimum atomic E-state index is -4.97. The Bertz CT molecular complexity index is 967. The number of hydrogen-bond donors (Lipinski definition) is 2. The predicted octanol–water partition coefficient (Wildman–Crippen LogP) is 5.17. The monoisotopic (exact) mass is 536 g/mol. The van der Waals surface area contributed by atoms with Crippen LogP contribution in [0.4, 0.5) is 26.3 Å². The molecule has 1 fully saturated rings. The van der Waals surface area contributed by atoms with Gasteiger partial charge in [-0.1, -0.05) is 18.6 Å². The van der Waals surface area contributed by atoms with E-state index in [9.17, 15) is 36.2 Å². The molecule has 0 radical (unpaired) electrons. The van der Waals surface area contributed by atoms with Crippen molar-refractivity contribution in [2.45, 2.75) is 76.6 Å². The van der Waals surface area contributed by atoms with Gasteiger partial charge in [-0.15, -0.1) is 0 Å². The van der Waals surface area contributed by atoms with Gasteiger partial charge < -0.3 is 15.2 Å². The van der Waals surface area contributed by atoms with Crippen LogP contribution in [-0.2, 0) is 28.4 Å². The highest BCUT2D eigenvalue weighted by molar-refractivity contribution is 5.82. The highest BCUT2D eigenvalue weighted by Gasteiger charge is 2.39. The van der Waals surface area contributed by atoms with Gasteiger partial charge in [0.05, 0.1) is 29.3 Å². The van der Waals surface area contributed by atoms with E-state index in [0.29, 0.717) is 37.3 Å². The molecular formula is C26H34F6N2O3. The summed E-state index contributed by atoms with van der Waals surface area (Å²) in [5.41, 5.74) is -3.57. The van der Waals surface area contributed by atoms with E-state index in [0.717, 1.165) is 6.42 Å². The van der Waals surface area contributed by atoms with E-state index in [-0.39, 0.29) is 36.1 Å². The van der Waals surface area contributed by atoms with Gasteiger partial charge in [0.1, 0.15) is 0 Å². The number of hydrogen-bond acceptors (Lipinski definition) is 4. The second-order valence-corrected chi connectivity index (χ2v) is 10.8. The van der Waals surface area contributed by atoms with E-state index >= 15 is 0 Å². The van der Waals surface area contributed by atoms with Gasteiger partial charge in [0, 0.05) is 25.2 Å². The number of likely N-dealkylation sites (N-methyl/N-ethyl adjacent to an activating group) is 1. The Balaban J connectivity index is 1.78. The van der Waals surface area contributed by atoms with Crippen LogP contribution in [0.25, 0.3) is 0 Å². The average Bonchev–Trinajstić information content (AvgIpc) is 3.18. The van der Waals surface area contributed by atoms with Gasteiger partial charge >= 0.3 is 12.4 Å². The molecular weight excluding hydrogens is 502 g/mol. The van der Waals surface area contributed by atoms with Crippen molar-refractivity contribution in [2.24, 2.45) is 11.8 Å². The first-order valence-electron chi connectivity index (χ1n) is 12.2. The molecule has 0 aromatic heterocycles. The fourth-order valence-corrected chi connectivity index (χ4v) is 5.22. The Morgan fingerprint density at radius 3 is 2.22 bits per heavy atom. The molecule has 4 atom stereocenters. The number of nitrogens with zero attached hydrogens (tertiary/aromatic N) is 1. The summed E-state index contributed by atoms with van der Waals surface area (Å²) in [5, 5.41) is 12.9. The Morgan fingerprint density at radius 1 is 1.11 bits per heavy atom. The lowest BCUT2D eigenvalue weighted by Crippen LogP contribution is -2.47. The molecule has 0 unspecified atom stereocenters. The molecule has 2 N–H and O–H groups in total. The van der Waals surface area contributed by atoms with Crippen LogP contribution in [0.5, 0.6) is 0 Å². The molecule has 1 amide bonds. The van der Waals surface area contributed by atoms with Gasteiger partial charge in [0.25, 0.3) is 0 Å². The van der Waals surface area contributed by atoms with Gasteiger partial charge in [-0.25, -0.2) is 0 Å². The SMILES string of the molecule is C[C@@H]1COCC[C@@H]1N(C)[C@@H]1C=C(CC(C)(C)O)[C@H](C(=O)NCc2cc(C(F)(F)F)cc(C(F)(F)F)c2)C1. The number of benzene rings is 1. The fraction of sp³-hybridized carbons (Fsp3) is 0.654. The Morgan fingerprint density at radius 2 is 1.70 bits per heavy atom. The van der Waals surface area contributed by atoms with Crippen LogP contribution in [0.2, 0.25) is 0 Å². The molecule has 0 saturated carbocycles. The molecule has 1 aliphatic carbocycles. The average molecular weight is 537 g/mol. The molecule has 2 aliphatic rings. The van der Waals surface area contributed by atoms with Crippen LogP contribution in [0.1, 0.15) is 56.7 Å². The lowest BCUT2D eigenvalue weighted by atomic mass is 9.90. The largest absolute Gasteiger partial charge is 0.416 e. The third-order valence-corrected chi connectivity index (χ3v) is 7.04. The maximum atomic E-state index is 13.2. The molecule has 5 nitrogen and oxygen atoms in total. The zero-order valence-corrected chi connectivity index (χ0v) is 21.3. The van der Waals surface area contributed by atoms with Gasteiger partial charge in [-0.3, -0.25) is 9.69 Å². The number of halogens is 6. The van der Waals surface area contributed by atoms with Crippen LogP contribution >= 0.6 is 0 Å². The molecule has 3 rings (SSSR count). The first-order chi connectivity index (χ1) is 17.0. The first-order valence-corrected chi connectivity index (χ1v) is 12.2. The first kappa shape index (κ1) is 29.4. The molecule has 208 valence electrons. The fourth-order valence-electron chi connectivity index (χ4n) is 5.22. The standard InChI is InChI=1S/C26H34F6N2O3/c1-15-14-37-6-5-22(15)34(4)20-9-17(12-24(2,3)36)21(11-20)23(35)33-13-16-7-18(25(27,28)29)10-19(8-16)26(30,31)32/h7-10,15,20-22,36H,5-6,11-14H2,1-4H3,(H,33,35)/t15-,20-,21-,22+/m1/s1. The third-order valence-electron chi connectivity index (χ3n) is 7.04. The lowest BCUT2D eigenvalue weighted by molar-refractivity contribution is -0.143. The third kappa shape index (κ3) is 7.70. The summed E-state index contributed by atoms with van der Waals surface area (Å²) in [6.45, 7) is 6.08. The molecule has 37 heavy (non-hydrogen) atoms. The number of carbonyl (C=O) groups excluding carboxylic acids is 1. The van der Waals surface area contributed by atoms with Crippen LogP contribution in [0, 0.1) is 11.8 Å². The normalized spacial score (nSPS) is 25.4. The summed E-state index contributed by atoms with van der Waals surface area (Å²) in [7, 11) is 1.97. The number of ether oxygens (including phenoxy) is 1. The van der Waals surface area contributed by atoms with Crippen molar-refractivity contribution in [3.8, 4) is 0 Å². The van der Waals surface area contributed by atoms with Crippen LogP contribution in [0.3, 0.4) is 0 Å². The van der Waals surface area contributed by atoms with Gasteiger partial charge in [0.15, 0.2) is 0 Å². The summed E-state index contributed by atoms with van der Waals surface area (Å²) in [5.74, 6) is -0.888. The summed E-state index contributed by atoms with van der Waals surface area (Å²) >= 11 is 0. The zero-order chi connectivity index (χ0) is 27.8. The highest BCUT2D eigenvalue weighted by atomic mass is 19.4. The van der Waals surface area contributed by atoms with Crippen molar-refractivity contribution in [1.29, 1.82) is 0 Å². The second-order valence-electron chi connectivity index (χ2n) is 10.8. The van der Waals surface area contributed by atoms with Gasteiger partial charge in [0.2, 0.25) is 5.91 Å². The highest BCUT2D eigenvalue weighted by Crippen LogP contribution is 2.38. The van der Waals surface area contributed by atoms with Crippen LogP contribution < -0.4 is 5.32 Å². The number of carbonyl (C=O) groups is 1. The summed E-state index contributed by atoms with van der Waals surface area (Å²) < 4.78 is 84.7. The van der Waals surface area contributed by atoms with E-state index in [1.165, 1.54) is 0 Å². The number of nitrogens with one attached hydrogen (secondary N) is 1. The van der Waals surface area contributed by atoms with Crippen molar-refractivity contribution in [3.63, 3.8) is 0 Å². The lowest BCUT2D eigenvalue weighted by Gasteiger charge is -2.39. The van der Waals surface area contributed by atoms with E-state index < -0.39 is 47.5 Å². The van der Waals surface area contributed by atoms with Crippen LogP contribution in [0.15, 0.2) is 29.8 Å². The molecule has 1 aromatic rings. The molecule has 1 aromatic carbocycles. The maximum absolute atomic E-state index is 13.2. The molecule has 0 spiro atoms. The number of alkyl halides is 6. The minimum Gasteiger partial charge on any atom is -0.390 e. The quantitative estimate of drug-likeness (QED) is 0.373. The smallest absolute Gasteiger partial charge is 0.390 e. The van der Waals surface area contributed by atoms with E-state index in [1.54, 1.807) is 13.8 Å². The van der Waals surface area contributed by atoms with Crippen molar-refractivity contribution in [2.75, 3.05) is 20.3 Å². The van der Waals surface area contributed by atoms with Gasteiger partial charge in [-0.05, 0) is 69.8 Å². The topological polar surface area (TPSA) is 61.8 Å². The predicted molar refractivity (Wildman–Crippen MR) is 125 cm³/mol. The molecule has 11 heteroatoms. The molecule has 1 saturated heterocycles. The van der Waals surface area contributed by atoms with Gasteiger partial charge in [-0.2, -0.15) is 26.3 Å². The maximum Gasteiger partial charge on any atom is 0.416 e. The summed E-state index contributed by atoms with van der Waals surface area (Å²) in [6, 6.07) is 1.40. The zero-order valence-electron chi connectivity index (χ0n) is 21.3. The molecule has 0 bridgehead atoms. The van der Waals surface area contributed by atoms with Crippen molar-refractivity contribution in [1.82, 2.24) is 10.2 Å². The number of aliphatic hydroxyl groups is 1. The number of rotatable bonds is 7. The summed E-state index contributed by atoms with van der Waals surface area (Å²) in [6.07, 6.45) is -6.54. The van der Waals surface area contributed by atoms with Crippen molar-refractivity contribution < 1.29 is 41.0 Å². The van der Waals surface area contributed by atoms with Crippen molar-refractivity contribution in [3.05, 3.63) is 46.5 Å². The van der Waals surface area contributed by atoms with Crippen LogP contribution in [-0.4, -0.2) is 53.9 Å². The summed E-state index contributed by atoms with van der Waals surface area (Å²) in [4.78, 5) is 15.4.